The quantitative estimate of drug-likeness (QED) is 0.608. The molecule has 1 N–H and O–H groups in total. The molecule has 144 valence electrons. The van der Waals surface area contributed by atoms with Crippen molar-refractivity contribution in [3.8, 4) is 0 Å². The number of amides is 1. The Kier molecular flexibility index (Phi) is 5.44. The van der Waals surface area contributed by atoms with E-state index in [9.17, 15) is 26.4 Å². The number of hydrogen-bond acceptors (Lipinski definition) is 3. The second-order valence-electron chi connectivity index (χ2n) is 5.67. The zero-order valence-corrected chi connectivity index (χ0v) is 15.5. The molecule has 0 unspecified atom stereocenters. The summed E-state index contributed by atoms with van der Waals surface area (Å²) in [6.45, 7) is 0. The van der Waals surface area contributed by atoms with E-state index in [-0.39, 0.29) is 26.1 Å². The lowest BCUT2D eigenvalue weighted by molar-refractivity contribution is 0.102. The molecule has 0 aliphatic carbocycles. The first kappa shape index (κ1) is 19.9. The second kappa shape index (κ2) is 7.65. The van der Waals surface area contributed by atoms with Crippen molar-refractivity contribution in [2.75, 3.05) is 5.32 Å². The summed E-state index contributed by atoms with van der Waals surface area (Å²) in [6.07, 6.45) is 0. The molecule has 28 heavy (non-hydrogen) atoms. The molecule has 0 aliphatic heterocycles. The van der Waals surface area contributed by atoms with Gasteiger partial charge in [0.25, 0.3) is 5.91 Å². The minimum absolute atomic E-state index is 0.0165. The van der Waals surface area contributed by atoms with Gasteiger partial charge >= 0.3 is 0 Å². The van der Waals surface area contributed by atoms with Gasteiger partial charge in [0, 0.05) is 23.4 Å². The predicted molar refractivity (Wildman–Crippen MR) is 97.6 cm³/mol. The van der Waals surface area contributed by atoms with Crippen LogP contribution in [0.25, 0.3) is 0 Å². The van der Waals surface area contributed by atoms with Gasteiger partial charge in [-0.2, -0.15) is 0 Å². The number of hydrogen-bond donors (Lipinski definition) is 1. The van der Waals surface area contributed by atoms with Crippen molar-refractivity contribution in [3.63, 3.8) is 0 Å². The number of carbonyl (C=O) groups excluding carboxylic acids is 1. The molecule has 0 radical (unpaired) electrons. The highest BCUT2D eigenvalue weighted by Crippen LogP contribution is 2.29. The summed E-state index contributed by atoms with van der Waals surface area (Å²) in [5.74, 6) is -5.47. The first-order valence-electron chi connectivity index (χ1n) is 7.76. The highest BCUT2D eigenvalue weighted by molar-refractivity contribution is 7.91. The number of benzene rings is 3. The summed E-state index contributed by atoms with van der Waals surface area (Å²) in [6, 6.07) is 12.2. The molecule has 0 aromatic heterocycles. The molecule has 4 nitrogen and oxygen atoms in total. The molecule has 9 heteroatoms. The SMILES string of the molecule is O=C(Nc1cc(F)c(F)c(F)c1)c1ccc(Cl)c(S(=O)(=O)c2ccccc2)c1. The molecule has 0 spiro atoms. The van der Waals surface area contributed by atoms with Gasteiger partial charge in [0.05, 0.1) is 14.8 Å². The fraction of sp³-hybridized carbons (Fsp3) is 0. The Balaban J connectivity index is 1.96. The number of carbonyl (C=O) groups is 1. The smallest absolute Gasteiger partial charge is 0.255 e. The average molecular weight is 426 g/mol. The maximum absolute atomic E-state index is 13.3. The maximum atomic E-state index is 13.3. The van der Waals surface area contributed by atoms with Crippen molar-refractivity contribution in [1.82, 2.24) is 0 Å². The van der Waals surface area contributed by atoms with E-state index >= 15 is 0 Å². The fourth-order valence-corrected chi connectivity index (χ4v) is 4.21. The van der Waals surface area contributed by atoms with Crippen LogP contribution in [0, 0.1) is 17.5 Å². The van der Waals surface area contributed by atoms with E-state index in [2.05, 4.69) is 5.32 Å². The molecule has 0 aliphatic rings. The van der Waals surface area contributed by atoms with E-state index in [0.717, 1.165) is 6.07 Å². The first-order valence-corrected chi connectivity index (χ1v) is 9.62. The van der Waals surface area contributed by atoms with Gasteiger partial charge in [0.15, 0.2) is 17.5 Å². The van der Waals surface area contributed by atoms with Crippen molar-refractivity contribution < 1.29 is 26.4 Å². The Morgan fingerprint density at radius 3 is 2.11 bits per heavy atom. The van der Waals surface area contributed by atoms with Crippen molar-refractivity contribution >= 4 is 33.0 Å². The lowest BCUT2D eigenvalue weighted by Gasteiger charge is -2.10. The first-order chi connectivity index (χ1) is 13.2. The minimum atomic E-state index is -4.00. The van der Waals surface area contributed by atoms with Gasteiger partial charge in [0.2, 0.25) is 9.84 Å². The summed E-state index contributed by atoms with van der Waals surface area (Å²) in [7, 11) is -4.00. The molecule has 0 saturated heterocycles. The standard InChI is InChI=1S/C19H11ClF3NO3S/c20-14-7-6-11(8-17(14)28(26,27)13-4-2-1-3-5-13)19(25)24-12-9-15(21)18(23)16(22)10-12/h1-10H,(H,24,25). The zero-order chi connectivity index (χ0) is 20.5. The number of halogens is 4. The lowest BCUT2D eigenvalue weighted by atomic mass is 10.2. The van der Waals surface area contributed by atoms with Crippen LogP contribution in [0.2, 0.25) is 5.02 Å². The van der Waals surface area contributed by atoms with Crippen LogP contribution in [-0.2, 0) is 9.84 Å². The summed E-state index contributed by atoms with van der Waals surface area (Å²) >= 11 is 6.00. The van der Waals surface area contributed by atoms with Crippen LogP contribution in [0.5, 0.6) is 0 Å². The Bertz CT molecular complexity index is 1150. The second-order valence-corrected chi connectivity index (χ2v) is 7.99. The van der Waals surface area contributed by atoms with Crippen molar-refractivity contribution in [3.05, 3.63) is 88.7 Å². The number of sulfone groups is 1. The summed E-state index contributed by atoms with van der Waals surface area (Å²) < 4.78 is 65.1. The van der Waals surface area contributed by atoms with Crippen LogP contribution in [0.3, 0.4) is 0 Å². The van der Waals surface area contributed by atoms with Crippen LogP contribution in [0.4, 0.5) is 18.9 Å². The zero-order valence-electron chi connectivity index (χ0n) is 13.9. The van der Waals surface area contributed by atoms with Gasteiger partial charge in [-0.3, -0.25) is 4.79 Å². The Morgan fingerprint density at radius 2 is 1.50 bits per heavy atom. The summed E-state index contributed by atoms with van der Waals surface area (Å²) in [5, 5.41) is 2.08. The molecule has 0 bridgehead atoms. The molecular weight excluding hydrogens is 415 g/mol. The Morgan fingerprint density at radius 1 is 0.893 bits per heavy atom. The third kappa shape index (κ3) is 3.88. The molecule has 1 amide bonds. The highest BCUT2D eigenvalue weighted by atomic mass is 35.5. The minimum Gasteiger partial charge on any atom is -0.322 e. The molecule has 3 aromatic carbocycles. The molecule has 3 aromatic rings. The molecule has 0 fully saturated rings. The lowest BCUT2D eigenvalue weighted by Crippen LogP contribution is -2.14. The van der Waals surface area contributed by atoms with Crippen LogP contribution >= 0.6 is 11.6 Å². The highest BCUT2D eigenvalue weighted by Gasteiger charge is 2.22. The molecule has 0 saturated carbocycles. The van der Waals surface area contributed by atoms with Gasteiger partial charge in [-0.1, -0.05) is 29.8 Å². The molecular formula is C19H11ClF3NO3S. The fourth-order valence-electron chi connectivity index (χ4n) is 2.41. The van der Waals surface area contributed by atoms with Gasteiger partial charge in [-0.25, -0.2) is 21.6 Å². The van der Waals surface area contributed by atoms with Gasteiger partial charge < -0.3 is 5.32 Å². The van der Waals surface area contributed by atoms with Crippen LogP contribution in [0.1, 0.15) is 10.4 Å². The van der Waals surface area contributed by atoms with Crippen LogP contribution in [-0.4, -0.2) is 14.3 Å². The van der Waals surface area contributed by atoms with E-state index in [1.54, 1.807) is 6.07 Å². The van der Waals surface area contributed by atoms with Gasteiger partial charge in [0.1, 0.15) is 0 Å². The number of nitrogens with one attached hydrogen (secondary N) is 1. The molecule has 0 atom stereocenters. The predicted octanol–water partition coefficient (Wildman–Crippen LogP) is 4.84. The molecule has 0 heterocycles. The Labute approximate surface area is 163 Å². The average Bonchev–Trinajstić information content (AvgIpc) is 2.67. The monoisotopic (exact) mass is 425 g/mol. The summed E-state index contributed by atoms with van der Waals surface area (Å²) in [5.41, 5.74) is -0.451. The van der Waals surface area contributed by atoms with E-state index in [4.69, 9.17) is 11.6 Å². The van der Waals surface area contributed by atoms with Gasteiger partial charge in [-0.05, 0) is 30.3 Å². The largest absolute Gasteiger partial charge is 0.322 e. The maximum Gasteiger partial charge on any atom is 0.255 e. The van der Waals surface area contributed by atoms with E-state index < -0.39 is 33.2 Å². The van der Waals surface area contributed by atoms with Crippen molar-refractivity contribution in [2.45, 2.75) is 9.79 Å². The normalized spacial score (nSPS) is 11.3. The van der Waals surface area contributed by atoms with Gasteiger partial charge in [-0.15, -0.1) is 0 Å². The van der Waals surface area contributed by atoms with Crippen LogP contribution in [0.15, 0.2) is 70.5 Å². The van der Waals surface area contributed by atoms with Crippen LogP contribution < -0.4 is 5.32 Å². The summed E-state index contributed by atoms with van der Waals surface area (Å²) in [4.78, 5) is 12.0. The Hall–Kier alpha value is -2.84. The topological polar surface area (TPSA) is 63.2 Å². The number of rotatable bonds is 4. The van der Waals surface area contributed by atoms with E-state index in [0.29, 0.717) is 12.1 Å². The van der Waals surface area contributed by atoms with Crippen molar-refractivity contribution in [2.24, 2.45) is 0 Å². The van der Waals surface area contributed by atoms with E-state index in [1.807, 2.05) is 0 Å². The van der Waals surface area contributed by atoms with Crippen molar-refractivity contribution in [1.29, 1.82) is 0 Å². The third-order valence-corrected chi connectivity index (χ3v) is 6.03. The number of anilines is 1. The van der Waals surface area contributed by atoms with E-state index in [1.165, 1.54) is 36.4 Å². The molecule has 3 rings (SSSR count). The third-order valence-electron chi connectivity index (χ3n) is 3.78.